The number of nitrogens with one attached hydrogen (secondary N) is 1. The Morgan fingerprint density at radius 2 is 2.29 bits per heavy atom. The highest BCUT2D eigenvalue weighted by Crippen LogP contribution is 2.24. The molecule has 1 aromatic heterocycles. The van der Waals surface area contributed by atoms with Crippen LogP contribution >= 0.6 is 11.3 Å². The van der Waals surface area contributed by atoms with Gasteiger partial charge in [-0.25, -0.2) is 0 Å². The predicted octanol–water partition coefficient (Wildman–Crippen LogP) is 3.15. The summed E-state index contributed by atoms with van der Waals surface area (Å²) in [6.45, 7) is 10.5. The number of hydrogen-bond donors (Lipinski definition) is 2. The number of allylic oxidation sites excluding steroid dienone is 1. The maximum atomic E-state index is 10.4. The first-order chi connectivity index (χ1) is 7.97. The van der Waals surface area contributed by atoms with Crippen LogP contribution in [0.1, 0.15) is 32.1 Å². The first kappa shape index (κ1) is 14.4. The number of hydrogen-bond acceptors (Lipinski definition) is 3. The summed E-state index contributed by atoms with van der Waals surface area (Å²) < 4.78 is 0. The highest BCUT2D eigenvalue weighted by molar-refractivity contribution is 7.10. The first-order valence-corrected chi connectivity index (χ1v) is 6.96. The van der Waals surface area contributed by atoms with Gasteiger partial charge in [-0.2, -0.15) is 0 Å². The van der Waals surface area contributed by atoms with Gasteiger partial charge in [-0.05, 0) is 37.6 Å². The van der Waals surface area contributed by atoms with E-state index < -0.39 is 5.60 Å². The molecule has 1 aromatic rings. The van der Waals surface area contributed by atoms with Crippen molar-refractivity contribution in [3.05, 3.63) is 35.0 Å². The van der Waals surface area contributed by atoms with E-state index in [1.54, 1.807) is 11.3 Å². The van der Waals surface area contributed by atoms with E-state index in [0.29, 0.717) is 18.5 Å². The van der Waals surface area contributed by atoms with Gasteiger partial charge in [0, 0.05) is 17.5 Å². The molecular formula is C14H23NOS. The Morgan fingerprint density at radius 1 is 1.59 bits per heavy atom. The first-order valence-electron chi connectivity index (χ1n) is 6.08. The van der Waals surface area contributed by atoms with Crippen LogP contribution in [0.4, 0.5) is 0 Å². The summed E-state index contributed by atoms with van der Waals surface area (Å²) in [4.78, 5) is 1.01. The molecule has 0 aromatic carbocycles. The quantitative estimate of drug-likeness (QED) is 0.732. The van der Waals surface area contributed by atoms with E-state index in [2.05, 4.69) is 25.7 Å². The summed E-state index contributed by atoms with van der Waals surface area (Å²) in [5, 5.41) is 15.8. The maximum absolute atomic E-state index is 10.4. The Morgan fingerprint density at radius 3 is 2.82 bits per heavy atom. The Balaban J connectivity index is 2.47. The van der Waals surface area contributed by atoms with Crippen LogP contribution in [-0.4, -0.2) is 17.7 Å². The molecule has 0 amide bonds. The molecule has 2 nitrogen and oxygen atoms in total. The molecule has 0 spiro atoms. The van der Waals surface area contributed by atoms with E-state index >= 15 is 0 Å². The summed E-state index contributed by atoms with van der Waals surface area (Å²) in [6, 6.07) is 4.32. The molecule has 0 radical (unpaired) electrons. The van der Waals surface area contributed by atoms with Crippen LogP contribution in [-0.2, 0) is 5.60 Å². The van der Waals surface area contributed by atoms with E-state index in [1.165, 1.54) is 0 Å². The third kappa shape index (κ3) is 4.26. The van der Waals surface area contributed by atoms with Crippen molar-refractivity contribution in [3.63, 3.8) is 0 Å². The summed E-state index contributed by atoms with van der Waals surface area (Å²) in [6.07, 6.45) is 2.94. The minimum Gasteiger partial charge on any atom is -0.383 e. The van der Waals surface area contributed by atoms with Gasteiger partial charge in [0.2, 0.25) is 0 Å². The van der Waals surface area contributed by atoms with Crippen LogP contribution in [0.15, 0.2) is 30.2 Å². The molecule has 17 heavy (non-hydrogen) atoms. The minimum absolute atomic E-state index is 0.374. The van der Waals surface area contributed by atoms with Gasteiger partial charge in [-0.1, -0.05) is 19.1 Å². The summed E-state index contributed by atoms with van der Waals surface area (Å²) in [5.74, 6) is 0.534. The second-order valence-corrected chi connectivity index (χ2v) is 5.87. The predicted molar refractivity (Wildman–Crippen MR) is 75.3 cm³/mol. The van der Waals surface area contributed by atoms with Crippen LogP contribution < -0.4 is 5.32 Å². The molecule has 3 atom stereocenters. The third-order valence-corrected chi connectivity index (χ3v) is 4.34. The second-order valence-electron chi connectivity index (χ2n) is 4.92. The molecule has 0 unspecified atom stereocenters. The van der Waals surface area contributed by atoms with Gasteiger partial charge >= 0.3 is 0 Å². The van der Waals surface area contributed by atoms with Gasteiger partial charge in [-0.15, -0.1) is 17.9 Å². The zero-order valence-corrected chi connectivity index (χ0v) is 11.8. The lowest BCUT2D eigenvalue weighted by Gasteiger charge is -2.27. The topological polar surface area (TPSA) is 32.3 Å². The van der Waals surface area contributed by atoms with Crippen LogP contribution in [0.25, 0.3) is 0 Å². The van der Waals surface area contributed by atoms with Gasteiger partial charge in [0.25, 0.3) is 0 Å². The van der Waals surface area contributed by atoms with E-state index in [0.717, 1.165) is 11.3 Å². The average molecular weight is 253 g/mol. The average Bonchev–Trinajstić information content (AvgIpc) is 2.80. The van der Waals surface area contributed by atoms with Crippen molar-refractivity contribution in [1.82, 2.24) is 5.32 Å². The lowest BCUT2D eigenvalue weighted by Crippen LogP contribution is -2.41. The third-order valence-electron chi connectivity index (χ3n) is 3.21. The molecule has 0 bridgehead atoms. The minimum atomic E-state index is -0.781. The Kier molecular flexibility index (Phi) is 5.37. The monoisotopic (exact) mass is 253 g/mol. The van der Waals surface area contributed by atoms with Gasteiger partial charge in [-0.3, -0.25) is 0 Å². The van der Waals surface area contributed by atoms with Crippen molar-refractivity contribution < 1.29 is 5.11 Å². The molecular weight excluding hydrogens is 230 g/mol. The van der Waals surface area contributed by atoms with E-state index in [-0.39, 0.29) is 0 Å². The van der Waals surface area contributed by atoms with Crippen LogP contribution in [0.3, 0.4) is 0 Å². The lowest BCUT2D eigenvalue weighted by atomic mass is 9.98. The lowest BCUT2D eigenvalue weighted by molar-refractivity contribution is 0.0561. The molecule has 3 heteroatoms. The van der Waals surface area contributed by atoms with E-state index in [1.807, 2.05) is 30.5 Å². The van der Waals surface area contributed by atoms with Crippen molar-refractivity contribution in [3.8, 4) is 0 Å². The van der Waals surface area contributed by atoms with Crippen molar-refractivity contribution in [2.24, 2.45) is 5.92 Å². The zero-order valence-electron chi connectivity index (χ0n) is 10.9. The van der Waals surface area contributed by atoms with Gasteiger partial charge in [0.1, 0.15) is 5.60 Å². The van der Waals surface area contributed by atoms with Crippen molar-refractivity contribution in [2.75, 3.05) is 6.54 Å². The van der Waals surface area contributed by atoms with Gasteiger partial charge in [0.05, 0.1) is 0 Å². The zero-order chi connectivity index (χ0) is 12.9. The Labute approximate surface area is 108 Å². The van der Waals surface area contributed by atoms with Crippen LogP contribution in [0, 0.1) is 5.92 Å². The number of aliphatic hydroxyl groups is 1. The Hall–Kier alpha value is -0.640. The molecule has 0 aliphatic heterocycles. The fraction of sp³-hybridized carbons (Fsp3) is 0.571. The highest BCUT2D eigenvalue weighted by atomic mass is 32.1. The van der Waals surface area contributed by atoms with Crippen molar-refractivity contribution >= 4 is 11.3 Å². The normalized spacial score (nSPS) is 18.4. The second kappa shape index (κ2) is 6.34. The standard InChI is InChI=1S/C14H23NOS/c1-5-7-11(2)12(3)15-10-14(4,16)13-8-6-9-17-13/h5-6,8-9,11-12,15-16H,1,7,10H2,2-4H3/t11-,12-,14+/m0/s1. The molecule has 0 aliphatic carbocycles. The molecule has 0 saturated carbocycles. The van der Waals surface area contributed by atoms with Crippen LogP contribution in [0.5, 0.6) is 0 Å². The molecule has 0 saturated heterocycles. The van der Waals surface area contributed by atoms with Gasteiger partial charge < -0.3 is 10.4 Å². The molecule has 0 aliphatic rings. The SMILES string of the molecule is C=CC[C@H](C)[C@H](C)NC[C@@](C)(O)c1cccs1. The molecule has 96 valence electrons. The highest BCUT2D eigenvalue weighted by Gasteiger charge is 2.25. The molecule has 0 fully saturated rings. The number of rotatable bonds is 7. The fourth-order valence-electron chi connectivity index (χ4n) is 1.70. The Bertz CT molecular complexity index is 332. The summed E-state index contributed by atoms with van der Waals surface area (Å²) >= 11 is 1.59. The van der Waals surface area contributed by atoms with E-state index in [9.17, 15) is 5.11 Å². The van der Waals surface area contributed by atoms with Crippen molar-refractivity contribution in [2.45, 2.75) is 38.8 Å². The van der Waals surface area contributed by atoms with Crippen LogP contribution in [0.2, 0.25) is 0 Å². The van der Waals surface area contributed by atoms with Crippen molar-refractivity contribution in [1.29, 1.82) is 0 Å². The number of thiophene rings is 1. The summed E-state index contributed by atoms with van der Waals surface area (Å²) in [5.41, 5.74) is -0.781. The largest absolute Gasteiger partial charge is 0.383 e. The maximum Gasteiger partial charge on any atom is 0.108 e. The smallest absolute Gasteiger partial charge is 0.108 e. The van der Waals surface area contributed by atoms with E-state index in [4.69, 9.17) is 0 Å². The van der Waals surface area contributed by atoms with Gasteiger partial charge in [0.15, 0.2) is 0 Å². The summed E-state index contributed by atoms with van der Waals surface area (Å²) in [7, 11) is 0. The molecule has 1 heterocycles. The molecule has 2 N–H and O–H groups in total. The fourth-order valence-corrected chi connectivity index (χ4v) is 2.49. The molecule has 1 rings (SSSR count).